The lowest BCUT2D eigenvalue weighted by Crippen LogP contribution is -2.52. The summed E-state index contributed by atoms with van der Waals surface area (Å²) >= 11 is 5.87. The first-order valence-corrected chi connectivity index (χ1v) is 9.39. The molecular weight excluding hydrogens is 354 g/mol. The molecule has 0 radical (unpaired) electrons. The van der Waals surface area contributed by atoms with E-state index in [1.807, 2.05) is 0 Å². The van der Waals surface area contributed by atoms with Gasteiger partial charge in [0.25, 0.3) is 0 Å². The highest BCUT2D eigenvalue weighted by Gasteiger charge is 2.47. The largest absolute Gasteiger partial charge is 0.322 e. The van der Waals surface area contributed by atoms with E-state index in [4.69, 9.17) is 21.1 Å². The molecule has 7 nitrogen and oxygen atoms in total. The van der Waals surface area contributed by atoms with Gasteiger partial charge in [-0.15, -0.1) is 0 Å². The second-order valence-corrected chi connectivity index (χ2v) is 8.10. The molecule has 9 heteroatoms. The van der Waals surface area contributed by atoms with Crippen molar-refractivity contribution in [1.82, 2.24) is 14.5 Å². The van der Waals surface area contributed by atoms with Crippen LogP contribution in [0.4, 0.5) is 0 Å². The third-order valence-electron chi connectivity index (χ3n) is 4.29. The highest BCUT2D eigenvalue weighted by molar-refractivity contribution is 7.89. The van der Waals surface area contributed by atoms with Gasteiger partial charge in [-0.3, -0.25) is 5.10 Å². The maximum atomic E-state index is 13.1. The van der Waals surface area contributed by atoms with Crippen LogP contribution in [0.5, 0.6) is 0 Å². The number of ether oxygens (including phenoxy) is 2. The maximum Gasteiger partial charge on any atom is 0.243 e. The molecular formula is C15H16ClN3O4S. The minimum absolute atomic E-state index is 0.191. The molecule has 0 amide bonds. The van der Waals surface area contributed by atoms with E-state index < -0.39 is 22.4 Å². The van der Waals surface area contributed by atoms with Gasteiger partial charge in [0, 0.05) is 29.2 Å². The predicted molar refractivity (Wildman–Crippen MR) is 85.8 cm³/mol. The van der Waals surface area contributed by atoms with E-state index in [1.54, 1.807) is 25.3 Å². The average Bonchev–Trinajstić information content (AvgIpc) is 3.00. The predicted octanol–water partition coefficient (Wildman–Crippen LogP) is 2.07. The Morgan fingerprint density at radius 1 is 1.29 bits per heavy atom. The Balaban J connectivity index is 1.74. The number of fused-ring (bicyclic) bond motifs is 1. The second-order valence-electron chi connectivity index (χ2n) is 5.78. The van der Waals surface area contributed by atoms with Crippen LogP contribution < -0.4 is 0 Å². The molecule has 0 spiro atoms. The van der Waals surface area contributed by atoms with E-state index in [-0.39, 0.29) is 11.2 Å². The molecule has 4 rings (SSSR count). The van der Waals surface area contributed by atoms with Crippen LogP contribution in [0.2, 0.25) is 5.02 Å². The number of nitrogens with zero attached hydrogens (tertiary/aromatic N) is 2. The zero-order valence-corrected chi connectivity index (χ0v) is 14.4. The van der Waals surface area contributed by atoms with Crippen molar-refractivity contribution >= 4 is 21.6 Å². The molecule has 0 bridgehead atoms. The first kappa shape index (κ1) is 16.0. The van der Waals surface area contributed by atoms with Gasteiger partial charge < -0.3 is 9.47 Å². The highest BCUT2D eigenvalue weighted by atomic mass is 35.5. The van der Waals surface area contributed by atoms with Gasteiger partial charge in [-0.05, 0) is 31.2 Å². The monoisotopic (exact) mass is 369 g/mol. The normalized spacial score (nSPS) is 27.5. The molecule has 1 fully saturated rings. The van der Waals surface area contributed by atoms with Crippen molar-refractivity contribution in [2.45, 2.75) is 36.9 Å². The fraction of sp³-hybridized carbons (Fsp3) is 0.400. The molecule has 1 aromatic carbocycles. The lowest BCUT2D eigenvalue weighted by atomic mass is 10.0. The number of halogens is 1. The number of sulfonamides is 1. The molecule has 1 atom stereocenters. The number of aromatic amines is 1. The van der Waals surface area contributed by atoms with Crippen molar-refractivity contribution in [2.75, 3.05) is 6.54 Å². The van der Waals surface area contributed by atoms with Crippen LogP contribution in [0.1, 0.15) is 24.2 Å². The molecule has 3 heterocycles. The van der Waals surface area contributed by atoms with Crippen molar-refractivity contribution in [2.24, 2.45) is 0 Å². The molecule has 2 aromatic rings. The Kier molecular flexibility index (Phi) is 3.89. The Labute approximate surface area is 144 Å². The lowest BCUT2D eigenvalue weighted by Gasteiger charge is -2.44. The van der Waals surface area contributed by atoms with Crippen LogP contribution in [0.25, 0.3) is 0 Å². The quantitative estimate of drug-likeness (QED) is 0.895. The summed E-state index contributed by atoms with van der Waals surface area (Å²) in [5.41, 5.74) is 1.70. The molecule has 0 aliphatic carbocycles. The molecule has 1 N–H and O–H groups in total. The number of H-pyrrole nitrogens is 1. The Morgan fingerprint density at radius 3 is 2.67 bits per heavy atom. The number of aromatic nitrogens is 2. The first-order valence-electron chi connectivity index (χ1n) is 7.57. The summed E-state index contributed by atoms with van der Waals surface area (Å²) in [6.45, 7) is 2.09. The topological polar surface area (TPSA) is 84.5 Å². The molecule has 24 heavy (non-hydrogen) atoms. The fourth-order valence-corrected chi connectivity index (χ4v) is 4.84. The standard InChI is InChI=1S/C15H16ClN3O4S/c1-9-22-15(23-9)14-12-8-17-18-13(12)6-7-19(14)24(20,21)11-4-2-10(16)3-5-11/h2-5,8-9,14-15H,6-7H2,1H3,(H,17,18)/t9?,14-,15?/m0/s1. The van der Waals surface area contributed by atoms with E-state index in [0.29, 0.717) is 18.0 Å². The van der Waals surface area contributed by atoms with Crippen LogP contribution in [0.3, 0.4) is 0 Å². The van der Waals surface area contributed by atoms with Gasteiger partial charge in [-0.1, -0.05) is 11.6 Å². The first-order chi connectivity index (χ1) is 11.5. The molecule has 1 saturated heterocycles. The van der Waals surface area contributed by atoms with Gasteiger partial charge in [0.15, 0.2) is 12.6 Å². The molecule has 2 aliphatic rings. The SMILES string of the molecule is CC1OC([C@@H]2c3cn[nH]c3CCN2S(=O)(=O)c2ccc(Cl)cc2)O1. The van der Waals surface area contributed by atoms with Gasteiger partial charge in [-0.2, -0.15) is 9.40 Å². The van der Waals surface area contributed by atoms with Gasteiger partial charge in [0.2, 0.25) is 10.0 Å². The summed E-state index contributed by atoms with van der Waals surface area (Å²) in [6.07, 6.45) is 1.21. The molecule has 2 aliphatic heterocycles. The summed E-state index contributed by atoms with van der Waals surface area (Å²) in [6, 6.07) is 5.57. The van der Waals surface area contributed by atoms with Gasteiger partial charge in [-0.25, -0.2) is 8.42 Å². The van der Waals surface area contributed by atoms with Crippen LogP contribution >= 0.6 is 11.6 Å². The van der Waals surface area contributed by atoms with E-state index in [0.717, 1.165) is 11.3 Å². The summed E-state index contributed by atoms with van der Waals surface area (Å²) in [4.78, 5) is 0.191. The molecule has 1 aromatic heterocycles. The summed E-state index contributed by atoms with van der Waals surface area (Å²) in [5, 5.41) is 7.45. The van der Waals surface area contributed by atoms with Crippen molar-refractivity contribution in [3.05, 3.63) is 46.7 Å². The van der Waals surface area contributed by atoms with Gasteiger partial charge in [0.05, 0.1) is 11.1 Å². The van der Waals surface area contributed by atoms with E-state index >= 15 is 0 Å². The van der Waals surface area contributed by atoms with Gasteiger partial charge in [0.1, 0.15) is 6.04 Å². The summed E-state index contributed by atoms with van der Waals surface area (Å²) < 4.78 is 38.8. The number of benzene rings is 1. The number of hydrogen-bond donors (Lipinski definition) is 1. The van der Waals surface area contributed by atoms with Crippen molar-refractivity contribution in [3.8, 4) is 0 Å². The van der Waals surface area contributed by atoms with Crippen LogP contribution in [0, 0.1) is 0 Å². The summed E-state index contributed by atoms with van der Waals surface area (Å²) in [5.74, 6) is 0. The zero-order valence-electron chi connectivity index (χ0n) is 12.8. The Hall–Kier alpha value is -1.45. The highest BCUT2D eigenvalue weighted by Crippen LogP contribution is 2.40. The minimum Gasteiger partial charge on any atom is -0.322 e. The van der Waals surface area contributed by atoms with Gasteiger partial charge >= 0.3 is 0 Å². The molecule has 128 valence electrons. The molecule has 0 saturated carbocycles. The average molecular weight is 370 g/mol. The zero-order chi connectivity index (χ0) is 16.9. The third-order valence-corrected chi connectivity index (χ3v) is 6.44. The molecule has 0 unspecified atom stereocenters. The van der Waals surface area contributed by atoms with Crippen molar-refractivity contribution in [1.29, 1.82) is 0 Å². The second kappa shape index (κ2) is 5.82. The van der Waals surface area contributed by atoms with Crippen LogP contribution in [-0.2, 0) is 25.9 Å². The number of hydrogen-bond acceptors (Lipinski definition) is 5. The van der Waals surface area contributed by atoms with Crippen molar-refractivity contribution in [3.63, 3.8) is 0 Å². The Morgan fingerprint density at radius 2 is 2.00 bits per heavy atom. The lowest BCUT2D eigenvalue weighted by molar-refractivity contribution is -0.390. The minimum atomic E-state index is -3.71. The van der Waals surface area contributed by atoms with E-state index in [9.17, 15) is 8.42 Å². The number of nitrogens with one attached hydrogen (secondary N) is 1. The number of rotatable bonds is 3. The van der Waals surface area contributed by atoms with Crippen molar-refractivity contribution < 1.29 is 17.9 Å². The maximum absolute atomic E-state index is 13.1. The van der Waals surface area contributed by atoms with E-state index in [2.05, 4.69) is 10.2 Å². The van der Waals surface area contributed by atoms with Crippen LogP contribution in [0.15, 0.2) is 35.4 Å². The van der Waals surface area contributed by atoms with Crippen LogP contribution in [-0.4, -0.2) is 42.0 Å². The summed E-state index contributed by atoms with van der Waals surface area (Å²) in [7, 11) is -3.71. The Bertz CT molecular complexity index is 846. The fourth-order valence-electron chi connectivity index (χ4n) is 3.12. The van der Waals surface area contributed by atoms with E-state index in [1.165, 1.54) is 16.4 Å². The smallest absolute Gasteiger partial charge is 0.243 e. The third kappa shape index (κ3) is 2.55.